The van der Waals surface area contributed by atoms with Crippen LogP contribution in [0.15, 0.2) is 18.2 Å². The lowest BCUT2D eigenvalue weighted by Gasteiger charge is -2.16. The molecule has 100 valence electrons. The normalized spacial score (nSPS) is 13.7. The first kappa shape index (κ1) is 13.5. The first-order valence-corrected chi connectivity index (χ1v) is 6.15. The fourth-order valence-electron chi connectivity index (χ4n) is 1.97. The lowest BCUT2D eigenvalue weighted by atomic mass is 10.1. The highest BCUT2D eigenvalue weighted by Gasteiger charge is 2.35. The zero-order valence-electron chi connectivity index (χ0n) is 10.3. The van der Waals surface area contributed by atoms with Crippen LogP contribution in [0.2, 0.25) is 5.02 Å². The van der Waals surface area contributed by atoms with E-state index in [-0.39, 0.29) is 18.9 Å². The summed E-state index contributed by atoms with van der Waals surface area (Å²) in [7, 11) is 1.31. The summed E-state index contributed by atoms with van der Waals surface area (Å²) in [6, 6.07) is 4.69. The van der Waals surface area contributed by atoms with Crippen molar-refractivity contribution < 1.29 is 19.1 Å². The van der Waals surface area contributed by atoms with Crippen LogP contribution in [0.1, 0.15) is 23.2 Å². The second-order valence-electron chi connectivity index (χ2n) is 4.13. The van der Waals surface area contributed by atoms with Crippen LogP contribution in [-0.4, -0.2) is 31.3 Å². The molecular weight excluding hydrogens is 270 g/mol. The van der Waals surface area contributed by atoms with Gasteiger partial charge in [0, 0.05) is 18.0 Å². The SMILES string of the molecule is COC(=O)CCCN1C(=O)C(=O)c2ccc(Cl)cc21. The second-order valence-corrected chi connectivity index (χ2v) is 4.56. The summed E-state index contributed by atoms with van der Waals surface area (Å²) in [5.74, 6) is -1.46. The Morgan fingerprint density at radius 2 is 2.11 bits per heavy atom. The number of Topliss-reactive ketones (excluding diaryl/α,β-unsaturated/α-hetero) is 1. The number of amides is 1. The number of ketones is 1. The van der Waals surface area contributed by atoms with Crippen LogP contribution in [0.4, 0.5) is 5.69 Å². The summed E-state index contributed by atoms with van der Waals surface area (Å²) in [6.07, 6.45) is 0.627. The van der Waals surface area contributed by atoms with Crippen molar-refractivity contribution >= 4 is 34.9 Å². The van der Waals surface area contributed by atoms with Crippen molar-refractivity contribution in [2.24, 2.45) is 0 Å². The number of rotatable bonds is 4. The molecule has 0 N–H and O–H groups in total. The third kappa shape index (κ3) is 2.61. The molecule has 5 nitrogen and oxygen atoms in total. The van der Waals surface area contributed by atoms with Gasteiger partial charge in [0.25, 0.3) is 11.7 Å². The van der Waals surface area contributed by atoms with E-state index >= 15 is 0 Å². The van der Waals surface area contributed by atoms with E-state index in [4.69, 9.17) is 11.6 Å². The number of halogens is 1. The molecule has 0 radical (unpaired) electrons. The highest BCUT2D eigenvalue weighted by Crippen LogP contribution is 2.31. The molecule has 0 saturated heterocycles. The smallest absolute Gasteiger partial charge is 0.305 e. The third-order valence-corrected chi connectivity index (χ3v) is 3.16. The average Bonchev–Trinajstić information content (AvgIpc) is 2.63. The monoisotopic (exact) mass is 281 g/mol. The van der Waals surface area contributed by atoms with Crippen molar-refractivity contribution in [2.75, 3.05) is 18.6 Å². The van der Waals surface area contributed by atoms with Gasteiger partial charge in [-0.1, -0.05) is 11.6 Å². The summed E-state index contributed by atoms with van der Waals surface area (Å²) in [4.78, 5) is 36.0. The highest BCUT2D eigenvalue weighted by molar-refractivity contribution is 6.52. The zero-order chi connectivity index (χ0) is 14.0. The summed E-state index contributed by atoms with van der Waals surface area (Å²) in [5, 5.41) is 0.458. The third-order valence-electron chi connectivity index (χ3n) is 2.92. The number of anilines is 1. The predicted molar refractivity (Wildman–Crippen MR) is 69.4 cm³/mol. The van der Waals surface area contributed by atoms with Gasteiger partial charge < -0.3 is 9.64 Å². The number of hydrogen-bond acceptors (Lipinski definition) is 4. The Morgan fingerprint density at radius 3 is 2.79 bits per heavy atom. The van der Waals surface area contributed by atoms with Gasteiger partial charge in [0.05, 0.1) is 18.4 Å². The van der Waals surface area contributed by atoms with E-state index in [1.54, 1.807) is 12.1 Å². The maximum atomic E-state index is 11.8. The summed E-state index contributed by atoms with van der Waals surface area (Å²) in [6.45, 7) is 0.285. The summed E-state index contributed by atoms with van der Waals surface area (Å²) >= 11 is 5.87. The lowest BCUT2D eigenvalue weighted by molar-refractivity contribution is -0.140. The Hall–Kier alpha value is -1.88. The molecule has 0 bridgehead atoms. The molecular formula is C13H12ClNO4. The van der Waals surface area contributed by atoms with Gasteiger partial charge in [-0.2, -0.15) is 0 Å². The molecule has 0 saturated carbocycles. The van der Waals surface area contributed by atoms with Crippen LogP contribution in [-0.2, 0) is 14.3 Å². The first-order chi connectivity index (χ1) is 9.04. The summed E-state index contributed by atoms with van der Waals surface area (Å²) < 4.78 is 4.52. The van der Waals surface area contributed by atoms with E-state index in [1.807, 2.05) is 0 Å². The molecule has 1 aromatic carbocycles. The maximum Gasteiger partial charge on any atom is 0.305 e. The molecule has 1 aliphatic rings. The van der Waals surface area contributed by atoms with Gasteiger partial charge in [-0.3, -0.25) is 14.4 Å². The number of esters is 1. The van der Waals surface area contributed by atoms with Gasteiger partial charge in [-0.15, -0.1) is 0 Å². The Balaban J connectivity index is 2.14. The molecule has 1 aromatic rings. The molecule has 0 aliphatic carbocycles. The lowest BCUT2D eigenvalue weighted by Crippen LogP contribution is -2.31. The quantitative estimate of drug-likeness (QED) is 0.624. The number of carbonyl (C=O) groups is 3. The zero-order valence-corrected chi connectivity index (χ0v) is 11.1. The number of ether oxygens (including phenoxy) is 1. The van der Waals surface area contributed by atoms with Crippen molar-refractivity contribution in [1.29, 1.82) is 0 Å². The van der Waals surface area contributed by atoms with Crippen molar-refractivity contribution in [3.63, 3.8) is 0 Å². The van der Waals surface area contributed by atoms with E-state index in [2.05, 4.69) is 4.74 Å². The van der Waals surface area contributed by atoms with Crippen LogP contribution < -0.4 is 4.90 Å². The van der Waals surface area contributed by atoms with Crippen molar-refractivity contribution in [1.82, 2.24) is 0 Å². The number of benzene rings is 1. The van der Waals surface area contributed by atoms with Crippen LogP contribution in [0.25, 0.3) is 0 Å². The second kappa shape index (κ2) is 5.40. The minimum Gasteiger partial charge on any atom is -0.469 e. The van der Waals surface area contributed by atoms with E-state index in [9.17, 15) is 14.4 Å². The van der Waals surface area contributed by atoms with Gasteiger partial charge in [0.2, 0.25) is 0 Å². The molecule has 0 unspecified atom stereocenters. The fraction of sp³-hybridized carbons (Fsp3) is 0.308. The molecule has 0 atom stereocenters. The minimum absolute atomic E-state index is 0.199. The van der Waals surface area contributed by atoms with Gasteiger partial charge in [0.1, 0.15) is 0 Å². The largest absolute Gasteiger partial charge is 0.469 e. The van der Waals surface area contributed by atoms with Crippen molar-refractivity contribution in [3.8, 4) is 0 Å². The van der Waals surface area contributed by atoms with Gasteiger partial charge in [0.15, 0.2) is 0 Å². The predicted octanol–water partition coefficient (Wildman–Crippen LogP) is 1.82. The molecule has 2 rings (SSSR count). The van der Waals surface area contributed by atoms with Crippen LogP contribution >= 0.6 is 11.6 Å². The van der Waals surface area contributed by atoms with Gasteiger partial charge in [-0.25, -0.2) is 0 Å². The minimum atomic E-state index is -0.581. The van der Waals surface area contributed by atoms with Crippen LogP contribution in [0, 0.1) is 0 Å². The molecule has 0 aromatic heterocycles. The molecule has 19 heavy (non-hydrogen) atoms. The van der Waals surface area contributed by atoms with Gasteiger partial charge >= 0.3 is 5.97 Å². The van der Waals surface area contributed by atoms with E-state index < -0.39 is 11.7 Å². The Labute approximate surface area is 115 Å². The molecule has 1 aliphatic heterocycles. The van der Waals surface area contributed by atoms with Crippen LogP contribution in [0.5, 0.6) is 0 Å². The highest BCUT2D eigenvalue weighted by atomic mass is 35.5. The Morgan fingerprint density at radius 1 is 1.37 bits per heavy atom. The fourth-order valence-corrected chi connectivity index (χ4v) is 2.14. The number of hydrogen-bond donors (Lipinski definition) is 0. The van der Waals surface area contributed by atoms with E-state index in [0.29, 0.717) is 22.7 Å². The van der Waals surface area contributed by atoms with Crippen LogP contribution in [0.3, 0.4) is 0 Å². The first-order valence-electron chi connectivity index (χ1n) is 5.77. The molecule has 0 spiro atoms. The number of carbonyl (C=O) groups excluding carboxylic acids is 3. The standard InChI is InChI=1S/C13H12ClNO4/c1-19-11(16)3-2-6-15-10-7-8(14)4-5-9(10)12(17)13(15)18/h4-5,7H,2-3,6H2,1H3. The van der Waals surface area contributed by atoms with E-state index in [1.165, 1.54) is 18.1 Å². The summed E-state index contributed by atoms with van der Waals surface area (Å²) in [5.41, 5.74) is 0.861. The topological polar surface area (TPSA) is 63.7 Å². The number of nitrogens with zero attached hydrogens (tertiary/aromatic N) is 1. The van der Waals surface area contributed by atoms with E-state index in [0.717, 1.165) is 0 Å². The number of methoxy groups -OCH3 is 1. The number of fused-ring (bicyclic) bond motifs is 1. The molecule has 0 fully saturated rings. The maximum absolute atomic E-state index is 11.8. The molecule has 1 heterocycles. The Bertz CT molecular complexity index is 556. The van der Waals surface area contributed by atoms with Crippen molar-refractivity contribution in [3.05, 3.63) is 28.8 Å². The average molecular weight is 282 g/mol. The van der Waals surface area contributed by atoms with Gasteiger partial charge in [-0.05, 0) is 24.6 Å². The Kier molecular flexibility index (Phi) is 3.85. The molecule has 6 heteroatoms. The van der Waals surface area contributed by atoms with Crippen molar-refractivity contribution in [2.45, 2.75) is 12.8 Å². The molecule has 1 amide bonds.